The van der Waals surface area contributed by atoms with Gasteiger partial charge in [-0.15, -0.1) is 24.8 Å². The van der Waals surface area contributed by atoms with Crippen LogP contribution in [-0.2, 0) is 0 Å². The summed E-state index contributed by atoms with van der Waals surface area (Å²) in [6.45, 7) is 1.75. The number of rotatable bonds is 2. The van der Waals surface area contributed by atoms with E-state index in [0.717, 1.165) is 0 Å². The zero-order valence-electron chi connectivity index (χ0n) is 10.8. The zero-order chi connectivity index (χ0) is 14.0. The molecule has 122 valence electrons. The molecule has 1 heterocycles. The Kier molecular flexibility index (Phi) is 8.69. The molecule has 1 fully saturated rings. The second-order valence-corrected chi connectivity index (χ2v) is 5.24. The van der Waals surface area contributed by atoms with Crippen LogP contribution in [0.5, 0.6) is 0 Å². The number of piperazine rings is 1. The first-order valence-corrected chi connectivity index (χ1v) is 6.61. The van der Waals surface area contributed by atoms with E-state index in [4.69, 9.17) is 23.2 Å². The first kappa shape index (κ1) is 21.1. The number of hydrogen-bond donors (Lipinski definition) is 1. The van der Waals surface area contributed by atoms with Gasteiger partial charge in [0.1, 0.15) is 6.04 Å². The first-order chi connectivity index (χ1) is 8.89. The summed E-state index contributed by atoms with van der Waals surface area (Å²) in [5.74, 6) is 0. The summed E-state index contributed by atoms with van der Waals surface area (Å²) in [6, 6.07) is 2.45. The Balaban J connectivity index is 0.00000200. The number of benzene rings is 1. The SMILES string of the molecule is Cl.Cl.FC(F)(F)[C@H](c1ccc(Cl)cc1Cl)N1CCNCC1. The average molecular weight is 386 g/mol. The fourth-order valence-corrected chi connectivity index (χ4v) is 2.76. The van der Waals surface area contributed by atoms with E-state index in [1.165, 1.54) is 23.1 Å². The third-order valence-corrected chi connectivity index (χ3v) is 3.65. The molecule has 9 heteroatoms. The van der Waals surface area contributed by atoms with Gasteiger partial charge >= 0.3 is 6.18 Å². The lowest BCUT2D eigenvalue weighted by atomic mass is 10.0. The van der Waals surface area contributed by atoms with Gasteiger partial charge in [0.05, 0.1) is 0 Å². The van der Waals surface area contributed by atoms with E-state index in [-0.39, 0.29) is 35.4 Å². The smallest absolute Gasteiger partial charge is 0.314 e. The van der Waals surface area contributed by atoms with Crippen molar-refractivity contribution in [2.24, 2.45) is 0 Å². The van der Waals surface area contributed by atoms with E-state index in [9.17, 15) is 13.2 Å². The number of halogens is 7. The molecular weight excluding hydrogens is 371 g/mol. The predicted octanol–water partition coefficient (Wildman–Crippen LogP) is 4.35. The van der Waals surface area contributed by atoms with Crippen LogP contribution in [0.2, 0.25) is 10.0 Å². The third kappa shape index (κ3) is 5.34. The van der Waals surface area contributed by atoms with Crippen molar-refractivity contribution < 1.29 is 13.2 Å². The molecule has 0 amide bonds. The number of nitrogens with one attached hydrogen (secondary N) is 1. The van der Waals surface area contributed by atoms with E-state index < -0.39 is 12.2 Å². The van der Waals surface area contributed by atoms with Crippen molar-refractivity contribution >= 4 is 48.0 Å². The normalized spacial score (nSPS) is 17.6. The summed E-state index contributed by atoms with van der Waals surface area (Å²) in [4.78, 5) is 1.39. The Labute approximate surface area is 143 Å². The highest BCUT2D eigenvalue weighted by Gasteiger charge is 2.45. The largest absolute Gasteiger partial charge is 0.408 e. The van der Waals surface area contributed by atoms with Gasteiger partial charge in [-0.05, 0) is 17.7 Å². The van der Waals surface area contributed by atoms with E-state index in [1.54, 1.807) is 0 Å². The summed E-state index contributed by atoms with van der Waals surface area (Å²) in [6.07, 6.45) is -4.37. The van der Waals surface area contributed by atoms with Crippen LogP contribution < -0.4 is 5.32 Å². The maximum Gasteiger partial charge on any atom is 0.408 e. The molecule has 1 N–H and O–H groups in total. The second kappa shape index (κ2) is 8.65. The van der Waals surface area contributed by atoms with Crippen LogP contribution in [0.25, 0.3) is 0 Å². The highest BCUT2D eigenvalue weighted by molar-refractivity contribution is 6.35. The Morgan fingerprint density at radius 2 is 1.67 bits per heavy atom. The molecule has 0 unspecified atom stereocenters. The lowest BCUT2D eigenvalue weighted by molar-refractivity contribution is -0.187. The van der Waals surface area contributed by atoms with Crippen molar-refractivity contribution in [2.75, 3.05) is 26.2 Å². The van der Waals surface area contributed by atoms with E-state index in [0.29, 0.717) is 31.2 Å². The van der Waals surface area contributed by atoms with Gasteiger partial charge in [0.25, 0.3) is 0 Å². The Hall–Kier alpha value is 0.0900. The standard InChI is InChI=1S/C12H13Cl2F3N2.2ClH/c13-8-1-2-9(10(14)7-8)11(12(15,16)17)19-5-3-18-4-6-19;;/h1-2,7,11,18H,3-6H2;2*1H/t11-;;/m0../s1. The van der Waals surface area contributed by atoms with Gasteiger partial charge in [-0.25, -0.2) is 0 Å². The minimum Gasteiger partial charge on any atom is -0.314 e. The lowest BCUT2D eigenvalue weighted by Gasteiger charge is -2.36. The van der Waals surface area contributed by atoms with Crippen LogP contribution >= 0.6 is 48.0 Å². The minimum atomic E-state index is -4.37. The Morgan fingerprint density at radius 1 is 1.10 bits per heavy atom. The molecule has 1 aliphatic rings. The highest BCUT2D eigenvalue weighted by Crippen LogP contribution is 2.41. The summed E-state index contributed by atoms with van der Waals surface area (Å²) in [7, 11) is 0. The topological polar surface area (TPSA) is 15.3 Å². The third-order valence-electron chi connectivity index (χ3n) is 3.08. The molecule has 2 rings (SSSR count). The van der Waals surface area contributed by atoms with Crippen LogP contribution in [0.15, 0.2) is 18.2 Å². The van der Waals surface area contributed by atoms with Crippen molar-refractivity contribution in [2.45, 2.75) is 12.2 Å². The Bertz CT molecular complexity index is 451. The molecule has 21 heavy (non-hydrogen) atoms. The summed E-state index contributed by atoms with van der Waals surface area (Å²) >= 11 is 11.7. The monoisotopic (exact) mass is 384 g/mol. The maximum absolute atomic E-state index is 13.3. The molecule has 1 atom stereocenters. The van der Waals surface area contributed by atoms with Gasteiger partial charge in [0.2, 0.25) is 0 Å². The number of nitrogens with zero attached hydrogens (tertiary/aromatic N) is 1. The fourth-order valence-electron chi connectivity index (χ4n) is 2.24. The summed E-state index contributed by atoms with van der Waals surface area (Å²) in [5, 5.41) is 3.41. The van der Waals surface area contributed by atoms with Crippen molar-refractivity contribution in [3.05, 3.63) is 33.8 Å². The van der Waals surface area contributed by atoms with E-state index >= 15 is 0 Å². The van der Waals surface area contributed by atoms with Crippen molar-refractivity contribution in [3.8, 4) is 0 Å². The highest BCUT2D eigenvalue weighted by atomic mass is 35.5. The van der Waals surface area contributed by atoms with Gasteiger partial charge in [-0.2, -0.15) is 13.2 Å². The number of hydrogen-bond acceptors (Lipinski definition) is 2. The molecule has 0 saturated carbocycles. The van der Waals surface area contributed by atoms with Crippen LogP contribution in [0.4, 0.5) is 13.2 Å². The lowest BCUT2D eigenvalue weighted by Crippen LogP contribution is -2.49. The maximum atomic E-state index is 13.3. The minimum absolute atomic E-state index is 0. The van der Waals surface area contributed by atoms with Crippen LogP contribution in [0, 0.1) is 0 Å². The first-order valence-electron chi connectivity index (χ1n) is 5.86. The molecule has 0 spiro atoms. The molecule has 1 saturated heterocycles. The average Bonchev–Trinajstić information content (AvgIpc) is 2.32. The molecule has 0 aromatic heterocycles. The van der Waals surface area contributed by atoms with E-state index in [1.807, 2.05) is 0 Å². The van der Waals surface area contributed by atoms with Gasteiger partial charge in [-0.3, -0.25) is 4.90 Å². The Morgan fingerprint density at radius 3 is 2.14 bits per heavy atom. The second-order valence-electron chi connectivity index (χ2n) is 4.40. The molecule has 1 aliphatic heterocycles. The number of alkyl halides is 3. The van der Waals surface area contributed by atoms with Gasteiger partial charge < -0.3 is 5.32 Å². The van der Waals surface area contributed by atoms with Gasteiger partial charge in [0, 0.05) is 36.2 Å². The fraction of sp³-hybridized carbons (Fsp3) is 0.500. The molecule has 0 bridgehead atoms. The zero-order valence-corrected chi connectivity index (χ0v) is 13.9. The van der Waals surface area contributed by atoms with Crippen molar-refractivity contribution in [1.82, 2.24) is 10.2 Å². The van der Waals surface area contributed by atoms with Crippen molar-refractivity contribution in [1.29, 1.82) is 0 Å². The van der Waals surface area contributed by atoms with Gasteiger partial charge in [0.15, 0.2) is 0 Å². The van der Waals surface area contributed by atoms with Crippen LogP contribution in [0.1, 0.15) is 11.6 Å². The van der Waals surface area contributed by atoms with Crippen LogP contribution in [0.3, 0.4) is 0 Å². The van der Waals surface area contributed by atoms with Crippen molar-refractivity contribution in [3.63, 3.8) is 0 Å². The van der Waals surface area contributed by atoms with Crippen LogP contribution in [-0.4, -0.2) is 37.3 Å². The molecule has 0 radical (unpaired) electrons. The summed E-state index contributed by atoms with van der Waals surface area (Å²) < 4.78 is 40.0. The predicted molar refractivity (Wildman–Crippen MR) is 84.2 cm³/mol. The molecule has 1 aromatic carbocycles. The van der Waals surface area contributed by atoms with Gasteiger partial charge in [-0.1, -0.05) is 29.3 Å². The quantitative estimate of drug-likeness (QED) is 0.814. The molecule has 0 aliphatic carbocycles. The van der Waals surface area contributed by atoms with E-state index in [2.05, 4.69) is 5.32 Å². The summed E-state index contributed by atoms with van der Waals surface area (Å²) in [5.41, 5.74) is 0.0560. The molecule has 2 nitrogen and oxygen atoms in total. The molecular formula is C12H15Cl4F3N2. The molecule has 1 aromatic rings.